The molecule has 0 saturated carbocycles. The lowest BCUT2D eigenvalue weighted by molar-refractivity contribution is 0.601. The monoisotopic (exact) mass is 349 g/mol. The standard InChI is InChI=1S/C14H12ClN5O2S/c1-20-14(16-18-19-20)10-5-4-6-11(9-10)17-23(21,22)13-8-3-2-7-12(13)15/h2-9,17H,1H3. The fraction of sp³-hybridized carbons (Fsp3) is 0.0714. The second-order valence-corrected chi connectivity index (χ2v) is 6.80. The number of aryl methyl sites for hydroxylation is 1. The van der Waals surface area contributed by atoms with E-state index in [2.05, 4.69) is 20.2 Å². The number of benzene rings is 2. The lowest BCUT2D eigenvalue weighted by atomic mass is 10.2. The van der Waals surface area contributed by atoms with Gasteiger partial charge in [0.15, 0.2) is 5.82 Å². The summed E-state index contributed by atoms with van der Waals surface area (Å²) in [5.41, 5.74) is 1.09. The summed E-state index contributed by atoms with van der Waals surface area (Å²) in [7, 11) is -2.08. The van der Waals surface area contributed by atoms with Crippen molar-refractivity contribution in [2.45, 2.75) is 4.90 Å². The van der Waals surface area contributed by atoms with E-state index in [1.54, 1.807) is 43.4 Å². The molecule has 0 spiro atoms. The summed E-state index contributed by atoms with van der Waals surface area (Å²) in [6.07, 6.45) is 0. The highest BCUT2D eigenvalue weighted by Gasteiger charge is 2.18. The molecule has 0 aliphatic carbocycles. The van der Waals surface area contributed by atoms with Crippen molar-refractivity contribution >= 4 is 27.3 Å². The molecule has 2 aromatic carbocycles. The SMILES string of the molecule is Cn1nnnc1-c1cccc(NS(=O)(=O)c2ccccc2Cl)c1. The summed E-state index contributed by atoms with van der Waals surface area (Å²) in [6.45, 7) is 0. The maximum atomic E-state index is 12.4. The van der Waals surface area contributed by atoms with Gasteiger partial charge >= 0.3 is 0 Å². The predicted molar refractivity (Wildman–Crippen MR) is 86.5 cm³/mol. The van der Waals surface area contributed by atoms with Gasteiger partial charge in [0.1, 0.15) is 4.90 Å². The van der Waals surface area contributed by atoms with Crippen LogP contribution in [0.5, 0.6) is 0 Å². The van der Waals surface area contributed by atoms with Crippen molar-refractivity contribution in [1.29, 1.82) is 0 Å². The highest BCUT2D eigenvalue weighted by molar-refractivity contribution is 7.92. The van der Waals surface area contributed by atoms with Crippen molar-refractivity contribution in [3.05, 3.63) is 53.6 Å². The van der Waals surface area contributed by atoms with Crippen LogP contribution in [0.3, 0.4) is 0 Å². The highest BCUT2D eigenvalue weighted by atomic mass is 35.5. The van der Waals surface area contributed by atoms with Crippen LogP contribution in [0.4, 0.5) is 5.69 Å². The number of hydrogen-bond donors (Lipinski definition) is 1. The lowest BCUT2D eigenvalue weighted by Gasteiger charge is -2.10. The quantitative estimate of drug-likeness (QED) is 0.780. The summed E-state index contributed by atoms with van der Waals surface area (Å²) in [5.74, 6) is 0.531. The van der Waals surface area contributed by atoms with Gasteiger partial charge in [-0.15, -0.1) is 5.10 Å². The minimum atomic E-state index is -3.78. The second kappa shape index (κ2) is 5.98. The minimum Gasteiger partial charge on any atom is -0.280 e. The molecule has 0 bridgehead atoms. The average Bonchev–Trinajstić information content (AvgIpc) is 2.93. The first-order chi connectivity index (χ1) is 11.0. The van der Waals surface area contributed by atoms with Gasteiger partial charge in [-0.05, 0) is 34.7 Å². The van der Waals surface area contributed by atoms with Crippen LogP contribution < -0.4 is 4.72 Å². The molecular weight excluding hydrogens is 338 g/mol. The predicted octanol–water partition coefficient (Wildman–Crippen LogP) is 2.33. The lowest BCUT2D eigenvalue weighted by Crippen LogP contribution is -2.13. The number of nitrogens with one attached hydrogen (secondary N) is 1. The van der Waals surface area contributed by atoms with E-state index >= 15 is 0 Å². The second-order valence-electron chi connectivity index (χ2n) is 4.74. The third-order valence-electron chi connectivity index (χ3n) is 3.12. The molecule has 1 heterocycles. The number of halogens is 1. The number of rotatable bonds is 4. The van der Waals surface area contributed by atoms with Gasteiger partial charge in [0.2, 0.25) is 0 Å². The molecule has 3 rings (SSSR count). The third kappa shape index (κ3) is 3.17. The third-order valence-corrected chi connectivity index (χ3v) is 5.00. The molecule has 0 atom stereocenters. The number of aromatic nitrogens is 4. The van der Waals surface area contributed by atoms with E-state index in [1.165, 1.54) is 16.8 Å². The number of anilines is 1. The van der Waals surface area contributed by atoms with Crippen LogP contribution in [0.2, 0.25) is 5.02 Å². The van der Waals surface area contributed by atoms with Crippen LogP contribution in [-0.2, 0) is 17.1 Å². The van der Waals surface area contributed by atoms with Gasteiger partial charge in [-0.1, -0.05) is 35.9 Å². The normalized spacial score (nSPS) is 11.4. The molecule has 0 saturated heterocycles. The van der Waals surface area contributed by atoms with Gasteiger partial charge in [0.05, 0.1) is 5.02 Å². The Hall–Kier alpha value is -2.45. The Labute approximate surface area is 138 Å². The van der Waals surface area contributed by atoms with Crippen LogP contribution in [0.1, 0.15) is 0 Å². The molecule has 1 N–H and O–H groups in total. The number of hydrogen-bond acceptors (Lipinski definition) is 5. The van der Waals surface area contributed by atoms with E-state index in [9.17, 15) is 8.42 Å². The molecular formula is C14H12ClN5O2S. The van der Waals surface area contributed by atoms with Crippen molar-refractivity contribution in [2.24, 2.45) is 7.05 Å². The zero-order valence-corrected chi connectivity index (χ0v) is 13.6. The Kier molecular flexibility index (Phi) is 4.01. The summed E-state index contributed by atoms with van der Waals surface area (Å²) < 4.78 is 28.9. The van der Waals surface area contributed by atoms with Crippen molar-refractivity contribution in [2.75, 3.05) is 4.72 Å². The maximum Gasteiger partial charge on any atom is 0.263 e. The summed E-state index contributed by atoms with van der Waals surface area (Å²) in [6, 6.07) is 13.1. The van der Waals surface area contributed by atoms with Crippen molar-refractivity contribution in [1.82, 2.24) is 20.2 Å². The number of sulfonamides is 1. The number of tetrazole rings is 1. The molecule has 0 unspecified atom stereocenters. The van der Waals surface area contributed by atoms with E-state index < -0.39 is 10.0 Å². The van der Waals surface area contributed by atoms with E-state index in [-0.39, 0.29) is 9.92 Å². The topological polar surface area (TPSA) is 89.8 Å². The largest absolute Gasteiger partial charge is 0.280 e. The smallest absolute Gasteiger partial charge is 0.263 e. The molecule has 9 heteroatoms. The molecule has 7 nitrogen and oxygen atoms in total. The molecule has 1 aromatic heterocycles. The van der Waals surface area contributed by atoms with Gasteiger partial charge in [-0.2, -0.15) is 0 Å². The molecule has 0 fully saturated rings. The van der Waals surface area contributed by atoms with Crippen LogP contribution in [0.15, 0.2) is 53.4 Å². The Morgan fingerprint density at radius 3 is 2.61 bits per heavy atom. The van der Waals surface area contributed by atoms with Crippen LogP contribution in [0.25, 0.3) is 11.4 Å². The summed E-state index contributed by atoms with van der Waals surface area (Å²) in [5, 5.41) is 11.4. The molecule has 118 valence electrons. The maximum absolute atomic E-state index is 12.4. The molecule has 0 radical (unpaired) electrons. The van der Waals surface area contributed by atoms with Crippen LogP contribution in [0, 0.1) is 0 Å². The van der Waals surface area contributed by atoms with Crippen molar-refractivity contribution in [3.63, 3.8) is 0 Å². The van der Waals surface area contributed by atoms with E-state index in [1.807, 2.05) is 0 Å². The van der Waals surface area contributed by atoms with Crippen LogP contribution >= 0.6 is 11.6 Å². The van der Waals surface area contributed by atoms with Crippen molar-refractivity contribution < 1.29 is 8.42 Å². The van der Waals surface area contributed by atoms with E-state index in [4.69, 9.17) is 11.6 Å². The Balaban J connectivity index is 1.95. The average molecular weight is 350 g/mol. The zero-order valence-electron chi connectivity index (χ0n) is 12.0. The Morgan fingerprint density at radius 1 is 1.13 bits per heavy atom. The zero-order chi connectivity index (χ0) is 16.4. The Morgan fingerprint density at radius 2 is 1.91 bits per heavy atom. The molecule has 0 aliphatic heterocycles. The highest BCUT2D eigenvalue weighted by Crippen LogP contribution is 2.25. The summed E-state index contributed by atoms with van der Waals surface area (Å²) in [4.78, 5) is 0.0207. The summed E-state index contributed by atoms with van der Waals surface area (Å²) >= 11 is 5.96. The molecule has 0 aliphatic rings. The van der Waals surface area contributed by atoms with E-state index in [0.717, 1.165) is 0 Å². The first-order valence-corrected chi connectivity index (χ1v) is 8.43. The van der Waals surface area contributed by atoms with Gasteiger partial charge in [0, 0.05) is 18.3 Å². The first-order valence-electron chi connectivity index (χ1n) is 6.57. The fourth-order valence-electron chi connectivity index (χ4n) is 2.07. The minimum absolute atomic E-state index is 0.0207. The van der Waals surface area contributed by atoms with Gasteiger partial charge < -0.3 is 0 Å². The molecule has 0 amide bonds. The first kappa shape index (κ1) is 15.4. The fourth-order valence-corrected chi connectivity index (χ4v) is 3.64. The number of nitrogens with zero attached hydrogens (tertiary/aromatic N) is 4. The van der Waals surface area contributed by atoms with Gasteiger partial charge in [-0.25, -0.2) is 13.1 Å². The van der Waals surface area contributed by atoms with Crippen LogP contribution in [-0.4, -0.2) is 28.6 Å². The van der Waals surface area contributed by atoms with Gasteiger partial charge in [0.25, 0.3) is 10.0 Å². The Bertz CT molecular complexity index is 955. The molecule has 3 aromatic rings. The van der Waals surface area contributed by atoms with E-state index in [0.29, 0.717) is 17.1 Å². The van der Waals surface area contributed by atoms with Crippen molar-refractivity contribution in [3.8, 4) is 11.4 Å². The molecule has 23 heavy (non-hydrogen) atoms. The van der Waals surface area contributed by atoms with Gasteiger partial charge in [-0.3, -0.25) is 4.72 Å².